The Hall–Kier alpha value is -2.56. The third-order valence-corrected chi connectivity index (χ3v) is 2.89. The van der Waals surface area contributed by atoms with E-state index in [4.69, 9.17) is 15.2 Å². The zero-order valence-corrected chi connectivity index (χ0v) is 11.9. The van der Waals surface area contributed by atoms with Crippen LogP contribution in [0.2, 0.25) is 0 Å². The Kier molecular flexibility index (Phi) is 4.42. The second-order valence-electron chi connectivity index (χ2n) is 4.46. The molecule has 2 N–H and O–H groups in total. The number of hydrogen-bond donors (Lipinski definition) is 1. The van der Waals surface area contributed by atoms with Gasteiger partial charge < -0.3 is 15.2 Å². The summed E-state index contributed by atoms with van der Waals surface area (Å²) in [5, 5.41) is 0. The van der Waals surface area contributed by atoms with Crippen molar-refractivity contribution in [3.8, 4) is 11.5 Å². The number of ether oxygens (including phenoxy) is 2. The van der Waals surface area contributed by atoms with E-state index in [1.807, 2.05) is 0 Å². The smallest absolute Gasteiger partial charge is 0.342 e. The molecule has 0 saturated heterocycles. The normalized spacial score (nSPS) is 10.2. The van der Waals surface area contributed by atoms with E-state index in [1.54, 1.807) is 32.0 Å². The zero-order valence-electron chi connectivity index (χ0n) is 11.9. The predicted molar refractivity (Wildman–Crippen MR) is 78.0 cm³/mol. The maximum atomic E-state index is 13.3. The number of esters is 1. The monoisotopic (exact) mass is 289 g/mol. The van der Waals surface area contributed by atoms with Gasteiger partial charge in [0.1, 0.15) is 17.1 Å². The first-order valence-electron chi connectivity index (χ1n) is 6.52. The van der Waals surface area contributed by atoms with Crippen LogP contribution in [0.25, 0.3) is 0 Å². The average Bonchev–Trinajstić information content (AvgIpc) is 2.45. The number of nitrogen functional groups attached to an aromatic ring is 1. The molecule has 0 unspecified atom stereocenters. The molecule has 0 fully saturated rings. The number of carbonyl (C=O) groups is 1. The number of carbonyl (C=O) groups excluding carboxylic acids is 1. The average molecular weight is 289 g/mol. The van der Waals surface area contributed by atoms with Crippen molar-refractivity contribution in [2.75, 3.05) is 12.3 Å². The van der Waals surface area contributed by atoms with Crippen LogP contribution in [0.5, 0.6) is 11.5 Å². The molecular formula is C16H16FNO3. The minimum Gasteiger partial charge on any atom is -0.462 e. The number of hydrogen-bond acceptors (Lipinski definition) is 4. The zero-order chi connectivity index (χ0) is 15.4. The molecule has 2 aromatic carbocycles. The molecule has 2 rings (SSSR count). The lowest BCUT2D eigenvalue weighted by atomic mass is 10.1. The Morgan fingerprint density at radius 1 is 1.29 bits per heavy atom. The first-order chi connectivity index (χ1) is 10.0. The van der Waals surface area contributed by atoms with Crippen LogP contribution < -0.4 is 10.5 Å². The number of rotatable bonds is 4. The second kappa shape index (κ2) is 6.26. The molecule has 0 saturated carbocycles. The van der Waals surface area contributed by atoms with E-state index in [0.29, 0.717) is 17.0 Å². The summed E-state index contributed by atoms with van der Waals surface area (Å²) in [5.74, 6) is -0.230. The van der Waals surface area contributed by atoms with Gasteiger partial charge in [0.2, 0.25) is 0 Å². The number of anilines is 1. The van der Waals surface area contributed by atoms with E-state index in [-0.39, 0.29) is 23.7 Å². The Balaban J connectivity index is 2.38. The summed E-state index contributed by atoms with van der Waals surface area (Å²) in [6.07, 6.45) is 0. The van der Waals surface area contributed by atoms with E-state index in [2.05, 4.69) is 0 Å². The maximum absolute atomic E-state index is 13.3. The highest BCUT2D eigenvalue weighted by molar-refractivity contribution is 5.94. The highest BCUT2D eigenvalue weighted by Crippen LogP contribution is 2.32. The lowest BCUT2D eigenvalue weighted by Crippen LogP contribution is -2.08. The van der Waals surface area contributed by atoms with Gasteiger partial charge in [-0.05, 0) is 49.7 Å². The molecule has 110 valence electrons. The molecule has 0 aliphatic rings. The molecule has 4 nitrogen and oxygen atoms in total. The van der Waals surface area contributed by atoms with Gasteiger partial charge in [0.15, 0.2) is 5.75 Å². The molecule has 0 spiro atoms. The number of aryl methyl sites for hydroxylation is 1. The summed E-state index contributed by atoms with van der Waals surface area (Å²) in [6.45, 7) is 3.60. The van der Waals surface area contributed by atoms with E-state index in [9.17, 15) is 9.18 Å². The number of para-hydroxylation sites is 1. The van der Waals surface area contributed by atoms with Crippen LogP contribution in [0.4, 0.5) is 10.1 Å². The molecule has 0 amide bonds. The van der Waals surface area contributed by atoms with Crippen molar-refractivity contribution in [1.29, 1.82) is 0 Å². The van der Waals surface area contributed by atoms with Gasteiger partial charge in [0, 0.05) is 0 Å². The molecule has 0 heterocycles. The lowest BCUT2D eigenvalue weighted by Gasteiger charge is -2.13. The fraction of sp³-hybridized carbons (Fsp3) is 0.188. The molecular weight excluding hydrogens is 273 g/mol. The standard InChI is InChI=1S/C16H16FNO3/c1-3-20-16(19)12-5-4-6-14(18)15(12)21-11-7-8-13(17)10(2)9-11/h4-9H,3,18H2,1-2H3. The topological polar surface area (TPSA) is 61.5 Å². The van der Waals surface area contributed by atoms with Gasteiger partial charge in [-0.2, -0.15) is 0 Å². The van der Waals surface area contributed by atoms with Crippen molar-refractivity contribution in [3.05, 3.63) is 53.3 Å². The molecule has 21 heavy (non-hydrogen) atoms. The lowest BCUT2D eigenvalue weighted by molar-refractivity contribution is 0.0523. The van der Waals surface area contributed by atoms with Crippen molar-refractivity contribution in [2.24, 2.45) is 0 Å². The summed E-state index contributed by atoms with van der Waals surface area (Å²) < 4.78 is 23.9. The molecule has 0 aliphatic carbocycles. The summed E-state index contributed by atoms with van der Waals surface area (Å²) in [4.78, 5) is 11.9. The van der Waals surface area contributed by atoms with Crippen molar-refractivity contribution in [1.82, 2.24) is 0 Å². The van der Waals surface area contributed by atoms with E-state index in [0.717, 1.165) is 0 Å². The van der Waals surface area contributed by atoms with Gasteiger partial charge in [-0.1, -0.05) is 6.07 Å². The number of benzene rings is 2. The van der Waals surface area contributed by atoms with Crippen LogP contribution in [0.15, 0.2) is 36.4 Å². The second-order valence-corrected chi connectivity index (χ2v) is 4.46. The van der Waals surface area contributed by atoms with Crippen molar-refractivity contribution in [3.63, 3.8) is 0 Å². The fourth-order valence-electron chi connectivity index (χ4n) is 1.84. The minimum atomic E-state index is -0.515. The predicted octanol–water partition coefficient (Wildman–Crippen LogP) is 3.69. The van der Waals surface area contributed by atoms with Crippen molar-refractivity contribution < 1.29 is 18.7 Å². The van der Waals surface area contributed by atoms with Gasteiger partial charge in [-0.3, -0.25) is 0 Å². The summed E-state index contributed by atoms with van der Waals surface area (Å²) in [7, 11) is 0. The third-order valence-electron chi connectivity index (χ3n) is 2.89. The molecule has 0 aromatic heterocycles. The highest BCUT2D eigenvalue weighted by atomic mass is 19.1. The molecule has 0 bridgehead atoms. The van der Waals surface area contributed by atoms with Crippen LogP contribution in [-0.2, 0) is 4.74 Å². The molecule has 0 radical (unpaired) electrons. The van der Waals surface area contributed by atoms with Gasteiger partial charge in [-0.15, -0.1) is 0 Å². The quantitative estimate of drug-likeness (QED) is 0.689. The Morgan fingerprint density at radius 3 is 2.71 bits per heavy atom. The van der Waals surface area contributed by atoms with E-state index >= 15 is 0 Å². The summed E-state index contributed by atoms with van der Waals surface area (Å²) >= 11 is 0. The Labute approximate surface area is 122 Å². The highest BCUT2D eigenvalue weighted by Gasteiger charge is 2.17. The SMILES string of the molecule is CCOC(=O)c1cccc(N)c1Oc1ccc(F)c(C)c1. The van der Waals surface area contributed by atoms with Crippen LogP contribution in [-0.4, -0.2) is 12.6 Å². The molecule has 2 aromatic rings. The van der Waals surface area contributed by atoms with E-state index in [1.165, 1.54) is 18.2 Å². The van der Waals surface area contributed by atoms with Gasteiger partial charge in [-0.25, -0.2) is 9.18 Å². The molecule has 5 heteroatoms. The number of halogens is 1. The number of nitrogens with two attached hydrogens (primary N) is 1. The summed E-state index contributed by atoms with van der Waals surface area (Å²) in [5.41, 5.74) is 6.85. The maximum Gasteiger partial charge on any atom is 0.342 e. The van der Waals surface area contributed by atoms with Crippen LogP contribution >= 0.6 is 0 Å². The molecule has 0 atom stereocenters. The Morgan fingerprint density at radius 2 is 2.05 bits per heavy atom. The fourth-order valence-corrected chi connectivity index (χ4v) is 1.84. The third kappa shape index (κ3) is 3.31. The molecule has 0 aliphatic heterocycles. The van der Waals surface area contributed by atoms with Gasteiger partial charge >= 0.3 is 5.97 Å². The van der Waals surface area contributed by atoms with Gasteiger partial charge in [0.25, 0.3) is 0 Å². The van der Waals surface area contributed by atoms with E-state index < -0.39 is 5.97 Å². The van der Waals surface area contributed by atoms with Crippen molar-refractivity contribution in [2.45, 2.75) is 13.8 Å². The minimum absolute atomic E-state index is 0.210. The Bertz CT molecular complexity index is 671. The van der Waals surface area contributed by atoms with Crippen molar-refractivity contribution >= 4 is 11.7 Å². The first kappa shape index (κ1) is 14.8. The van der Waals surface area contributed by atoms with Crippen LogP contribution in [0.1, 0.15) is 22.8 Å². The van der Waals surface area contributed by atoms with Crippen LogP contribution in [0, 0.1) is 12.7 Å². The van der Waals surface area contributed by atoms with Gasteiger partial charge in [0.05, 0.1) is 12.3 Å². The largest absolute Gasteiger partial charge is 0.462 e. The first-order valence-corrected chi connectivity index (χ1v) is 6.52. The van der Waals surface area contributed by atoms with Crippen LogP contribution in [0.3, 0.4) is 0 Å². The summed E-state index contributed by atoms with van der Waals surface area (Å²) in [6, 6.07) is 9.15.